The molecule has 2 heterocycles. The monoisotopic (exact) mass is 402 g/mol. The molecular weight excluding hydrogens is 376 g/mol. The Morgan fingerprint density at radius 3 is 2.57 bits per heavy atom. The van der Waals surface area contributed by atoms with Crippen LogP contribution >= 0.6 is 11.6 Å². The summed E-state index contributed by atoms with van der Waals surface area (Å²) in [6, 6.07) is 7.31. The second-order valence-corrected chi connectivity index (χ2v) is 7.78. The van der Waals surface area contributed by atoms with Gasteiger partial charge in [-0.25, -0.2) is 0 Å². The molecule has 1 saturated heterocycles. The Labute approximate surface area is 170 Å². The standard InChI is InChI=1S/C21H27ClN4O2/c1-3-4-11-25(2)20(27)16-9-12-26(13-10-16)21(28)18-14-23-24-19(18)15-5-7-17(22)8-6-15/h5-8,14,16H,3-4,9-13H2,1-2H3,(H,23,24). The van der Waals surface area contributed by atoms with E-state index >= 15 is 0 Å². The van der Waals surface area contributed by atoms with Gasteiger partial charge in [0.15, 0.2) is 0 Å². The largest absolute Gasteiger partial charge is 0.346 e. The highest BCUT2D eigenvalue weighted by molar-refractivity contribution is 6.30. The number of halogens is 1. The lowest BCUT2D eigenvalue weighted by Crippen LogP contribution is -2.43. The van der Waals surface area contributed by atoms with Crippen molar-refractivity contribution in [2.45, 2.75) is 32.6 Å². The number of likely N-dealkylation sites (tertiary alicyclic amines) is 1. The van der Waals surface area contributed by atoms with Crippen LogP contribution in [0.5, 0.6) is 0 Å². The van der Waals surface area contributed by atoms with Crippen LogP contribution in [-0.2, 0) is 4.79 Å². The third kappa shape index (κ3) is 4.55. The number of nitrogens with one attached hydrogen (secondary N) is 1. The van der Waals surface area contributed by atoms with Gasteiger partial charge in [0.05, 0.1) is 17.5 Å². The van der Waals surface area contributed by atoms with Gasteiger partial charge >= 0.3 is 0 Å². The first kappa shape index (κ1) is 20.4. The Morgan fingerprint density at radius 2 is 1.93 bits per heavy atom. The van der Waals surface area contributed by atoms with E-state index in [-0.39, 0.29) is 17.7 Å². The number of rotatable bonds is 6. The maximum Gasteiger partial charge on any atom is 0.257 e. The number of aromatic amines is 1. The first-order valence-electron chi connectivity index (χ1n) is 9.84. The lowest BCUT2D eigenvalue weighted by molar-refractivity contribution is -0.135. The molecule has 0 unspecified atom stereocenters. The summed E-state index contributed by atoms with van der Waals surface area (Å²) in [4.78, 5) is 29.2. The predicted molar refractivity (Wildman–Crippen MR) is 110 cm³/mol. The average Bonchev–Trinajstić information content (AvgIpc) is 3.21. The minimum atomic E-state index is -0.0519. The number of carbonyl (C=O) groups excluding carboxylic acids is 2. The minimum Gasteiger partial charge on any atom is -0.346 e. The van der Waals surface area contributed by atoms with Crippen LogP contribution in [0, 0.1) is 5.92 Å². The molecule has 0 atom stereocenters. The van der Waals surface area contributed by atoms with Crippen molar-refractivity contribution in [1.82, 2.24) is 20.0 Å². The third-order valence-electron chi connectivity index (χ3n) is 5.36. The molecule has 1 N–H and O–H groups in total. The van der Waals surface area contributed by atoms with Gasteiger partial charge in [-0.15, -0.1) is 0 Å². The van der Waals surface area contributed by atoms with Crippen molar-refractivity contribution in [3.63, 3.8) is 0 Å². The molecule has 1 aromatic carbocycles. The molecule has 2 aromatic rings. The van der Waals surface area contributed by atoms with Crippen LogP contribution in [0.1, 0.15) is 43.0 Å². The number of carbonyl (C=O) groups is 2. The van der Waals surface area contributed by atoms with E-state index in [9.17, 15) is 9.59 Å². The van der Waals surface area contributed by atoms with Crippen LogP contribution in [0.15, 0.2) is 30.5 Å². The number of nitrogens with zero attached hydrogens (tertiary/aromatic N) is 3. The van der Waals surface area contributed by atoms with Gasteiger partial charge in [-0.3, -0.25) is 14.7 Å². The van der Waals surface area contributed by atoms with Crippen molar-refractivity contribution in [3.8, 4) is 11.3 Å². The second kappa shape index (κ2) is 9.24. The summed E-state index contributed by atoms with van der Waals surface area (Å²) in [5, 5.41) is 7.63. The molecule has 2 amide bonds. The van der Waals surface area contributed by atoms with Gasteiger partial charge in [-0.05, 0) is 31.4 Å². The normalized spacial score (nSPS) is 14.9. The van der Waals surface area contributed by atoms with Crippen LogP contribution in [0.3, 0.4) is 0 Å². The number of hydrogen-bond acceptors (Lipinski definition) is 3. The molecule has 1 aliphatic heterocycles. The lowest BCUT2D eigenvalue weighted by atomic mass is 9.94. The Morgan fingerprint density at radius 1 is 1.25 bits per heavy atom. The van der Waals surface area contributed by atoms with E-state index in [1.54, 1.807) is 18.3 Å². The first-order chi connectivity index (χ1) is 13.5. The van der Waals surface area contributed by atoms with Crippen molar-refractivity contribution >= 4 is 23.4 Å². The summed E-state index contributed by atoms with van der Waals surface area (Å²) in [6.45, 7) is 4.09. The van der Waals surface area contributed by atoms with Crippen LogP contribution in [-0.4, -0.2) is 58.5 Å². The van der Waals surface area contributed by atoms with E-state index < -0.39 is 0 Å². The van der Waals surface area contributed by atoms with Gasteiger partial charge in [0.2, 0.25) is 5.91 Å². The summed E-state index contributed by atoms with van der Waals surface area (Å²) < 4.78 is 0. The van der Waals surface area contributed by atoms with Gasteiger partial charge in [0, 0.05) is 43.2 Å². The number of unbranched alkanes of at least 4 members (excludes halogenated alkanes) is 1. The van der Waals surface area contributed by atoms with E-state index in [0.29, 0.717) is 42.2 Å². The van der Waals surface area contributed by atoms with E-state index in [4.69, 9.17) is 11.6 Å². The highest BCUT2D eigenvalue weighted by atomic mass is 35.5. The number of amides is 2. The molecule has 0 aliphatic carbocycles. The maximum atomic E-state index is 13.0. The summed E-state index contributed by atoms with van der Waals surface area (Å²) >= 11 is 5.95. The van der Waals surface area contributed by atoms with E-state index in [1.807, 2.05) is 29.0 Å². The van der Waals surface area contributed by atoms with Crippen molar-refractivity contribution < 1.29 is 9.59 Å². The zero-order chi connectivity index (χ0) is 20.1. The summed E-state index contributed by atoms with van der Waals surface area (Å²) in [7, 11) is 1.87. The number of piperidine rings is 1. The number of H-pyrrole nitrogens is 1. The molecule has 150 valence electrons. The molecule has 0 spiro atoms. The molecule has 28 heavy (non-hydrogen) atoms. The lowest BCUT2D eigenvalue weighted by Gasteiger charge is -2.33. The Bertz CT molecular complexity index is 810. The van der Waals surface area contributed by atoms with Crippen LogP contribution in [0.25, 0.3) is 11.3 Å². The fraction of sp³-hybridized carbons (Fsp3) is 0.476. The summed E-state index contributed by atoms with van der Waals surface area (Å²) in [5.74, 6) is 0.153. The molecule has 7 heteroatoms. The Kier molecular flexibility index (Phi) is 6.73. The molecule has 3 rings (SSSR count). The SMILES string of the molecule is CCCCN(C)C(=O)C1CCN(C(=O)c2cn[nH]c2-c2ccc(Cl)cc2)CC1. The van der Waals surface area contributed by atoms with Crippen LogP contribution in [0.2, 0.25) is 5.02 Å². The maximum absolute atomic E-state index is 13.0. The quantitative estimate of drug-likeness (QED) is 0.798. The minimum absolute atomic E-state index is 0.00555. The van der Waals surface area contributed by atoms with Crippen LogP contribution < -0.4 is 0 Å². The Hall–Kier alpha value is -2.34. The van der Waals surface area contributed by atoms with Crippen molar-refractivity contribution in [2.75, 3.05) is 26.7 Å². The van der Waals surface area contributed by atoms with E-state index in [1.165, 1.54) is 0 Å². The smallest absolute Gasteiger partial charge is 0.257 e. The summed E-state index contributed by atoms with van der Waals surface area (Å²) in [5.41, 5.74) is 2.11. The molecule has 1 aliphatic rings. The highest BCUT2D eigenvalue weighted by Crippen LogP contribution is 2.26. The second-order valence-electron chi connectivity index (χ2n) is 7.35. The Balaban J connectivity index is 1.63. The van der Waals surface area contributed by atoms with Gasteiger partial charge < -0.3 is 9.80 Å². The van der Waals surface area contributed by atoms with Gasteiger partial charge in [0.25, 0.3) is 5.91 Å². The molecule has 0 radical (unpaired) electrons. The van der Waals surface area contributed by atoms with E-state index in [2.05, 4.69) is 17.1 Å². The number of hydrogen-bond donors (Lipinski definition) is 1. The topological polar surface area (TPSA) is 69.3 Å². The number of benzene rings is 1. The average molecular weight is 403 g/mol. The molecule has 1 aromatic heterocycles. The highest BCUT2D eigenvalue weighted by Gasteiger charge is 2.30. The molecule has 0 bridgehead atoms. The molecular formula is C21H27ClN4O2. The molecule has 1 fully saturated rings. The third-order valence-corrected chi connectivity index (χ3v) is 5.61. The van der Waals surface area contributed by atoms with Gasteiger partial charge in [0.1, 0.15) is 0 Å². The van der Waals surface area contributed by atoms with Gasteiger partial charge in [-0.1, -0.05) is 37.1 Å². The zero-order valence-electron chi connectivity index (χ0n) is 16.4. The van der Waals surface area contributed by atoms with Crippen molar-refractivity contribution in [2.24, 2.45) is 5.92 Å². The van der Waals surface area contributed by atoms with E-state index in [0.717, 1.165) is 24.9 Å². The van der Waals surface area contributed by atoms with Crippen molar-refractivity contribution in [1.29, 1.82) is 0 Å². The predicted octanol–water partition coefficient (Wildman–Crippen LogP) is 3.84. The first-order valence-corrected chi connectivity index (χ1v) is 10.2. The van der Waals surface area contributed by atoms with Crippen molar-refractivity contribution in [3.05, 3.63) is 41.0 Å². The fourth-order valence-corrected chi connectivity index (χ4v) is 3.73. The van der Waals surface area contributed by atoms with Gasteiger partial charge in [-0.2, -0.15) is 5.10 Å². The molecule has 0 saturated carbocycles. The zero-order valence-corrected chi connectivity index (χ0v) is 17.2. The molecule has 6 nitrogen and oxygen atoms in total. The summed E-state index contributed by atoms with van der Waals surface area (Å²) in [6.07, 6.45) is 5.07. The fourth-order valence-electron chi connectivity index (χ4n) is 3.60. The number of aromatic nitrogens is 2. The van der Waals surface area contributed by atoms with Crippen LogP contribution in [0.4, 0.5) is 0 Å².